The van der Waals surface area contributed by atoms with Crippen molar-refractivity contribution in [2.45, 2.75) is 12.8 Å². The summed E-state index contributed by atoms with van der Waals surface area (Å²) in [7, 11) is 3.08. The number of ketones is 1. The summed E-state index contributed by atoms with van der Waals surface area (Å²) in [5.74, 6) is 6.98. The van der Waals surface area contributed by atoms with Crippen molar-refractivity contribution in [3.63, 3.8) is 0 Å². The molecule has 2 aromatic carbocycles. The van der Waals surface area contributed by atoms with Crippen LogP contribution in [0.3, 0.4) is 0 Å². The van der Waals surface area contributed by atoms with E-state index >= 15 is 0 Å². The fraction of sp³-hybridized carbons (Fsp3) is 0.167. The number of ether oxygens (including phenoxy) is 2. The van der Waals surface area contributed by atoms with Crippen molar-refractivity contribution >= 4 is 11.4 Å². The maximum absolute atomic E-state index is 13.1. The van der Waals surface area contributed by atoms with Gasteiger partial charge in [-0.05, 0) is 24.1 Å². The number of Topliss-reactive ketones (excluding diaryl/α,β-unsaturated/α-hetero) is 1. The first-order valence-electron chi connectivity index (χ1n) is 8.71. The van der Waals surface area contributed by atoms with Crippen LogP contribution in [0.15, 0.2) is 83.5 Å². The highest BCUT2D eigenvalue weighted by atomic mass is 16.5. The zero-order valence-corrected chi connectivity index (χ0v) is 15.4. The average molecular weight is 356 g/mol. The molecule has 0 radical (unpaired) electrons. The minimum absolute atomic E-state index is 0.0969. The second-order valence-corrected chi connectivity index (χ2v) is 5.91. The summed E-state index contributed by atoms with van der Waals surface area (Å²) in [5, 5.41) is 0. The molecular weight excluding hydrogens is 336 g/mol. The zero-order chi connectivity index (χ0) is 19.1. The van der Waals surface area contributed by atoms with Crippen LogP contribution in [0.1, 0.15) is 24.0 Å². The molecule has 2 aromatic rings. The van der Waals surface area contributed by atoms with Crippen LogP contribution in [0.4, 0.5) is 0 Å². The third kappa shape index (κ3) is 4.20. The Kier molecular flexibility index (Phi) is 5.94. The molecule has 0 heterocycles. The molecule has 0 amide bonds. The molecule has 3 rings (SSSR count). The minimum Gasteiger partial charge on any atom is -0.491 e. The number of allylic oxidation sites excluding steroid dienone is 1. The van der Waals surface area contributed by atoms with E-state index in [0.29, 0.717) is 35.5 Å². The van der Waals surface area contributed by atoms with E-state index in [0.717, 1.165) is 11.1 Å². The Balaban J connectivity index is 1.87. The lowest BCUT2D eigenvalue weighted by molar-refractivity contribution is -0.110. The molecule has 27 heavy (non-hydrogen) atoms. The van der Waals surface area contributed by atoms with Crippen LogP contribution in [0.2, 0.25) is 0 Å². The monoisotopic (exact) mass is 356 g/mol. The number of benzene rings is 2. The predicted molar refractivity (Wildman–Crippen MR) is 105 cm³/mol. The number of methoxy groups -OCH3 is 2. The second-order valence-electron chi connectivity index (χ2n) is 5.91. The van der Waals surface area contributed by atoms with Crippen molar-refractivity contribution in [1.82, 2.24) is 0 Å². The first-order valence-corrected chi connectivity index (χ1v) is 8.71. The van der Waals surface area contributed by atoms with Crippen molar-refractivity contribution in [1.29, 1.82) is 0 Å². The minimum atomic E-state index is -0.0969. The molecule has 1 aliphatic carbocycles. The topological polar surface area (TPSA) is 35.5 Å². The van der Waals surface area contributed by atoms with E-state index in [1.807, 2.05) is 60.7 Å². The molecular formula is C24H20O3. The van der Waals surface area contributed by atoms with Crippen molar-refractivity contribution < 1.29 is 14.3 Å². The van der Waals surface area contributed by atoms with Gasteiger partial charge in [0.15, 0.2) is 5.76 Å². The highest BCUT2D eigenvalue weighted by Crippen LogP contribution is 2.32. The summed E-state index contributed by atoms with van der Waals surface area (Å²) < 4.78 is 10.9. The molecule has 0 bridgehead atoms. The SMILES string of the molecule is COC1=C=C(CCC#Cc2ccccc2)C(=O)C(c2ccccc2)=C1OC. The summed E-state index contributed by atoms with van der Waals surface area (Å²) in [5.41, 5.74) is 5.87. The third-order valence-corrected chi connectivity index (χ3v) is 4.18. The molecule has 0 aliphatic heterocycles. The molecule has 0 saturated heterocycles. The molecule has 134 valence electrons. The Morgan fingerprint density at radius 1 is 0.926 bits per heavy atom. The first kappa shape index (κ1) is 18.3. The second kappa shape index (κ2) is 8.76. The summed E-state index contributed by atoms with van der Waals surface area (Å²) in [6.45, 7) is 0. The van der Waals surface area contributed by atoms with Gasteiger partial charge in [-0.3, -0.25) is 4.79 Å². The van der Waals surface area contributed by atoms with Gasteiger partial charge in [-0.25, -0.2) is 0 Å². The van der Waals surface area contributed by atoms with E-state index in [4.69, 9.17) is 9.47 Å². The third-order valence-electron chi connectivity index (χ3n) is 4.18. The highest BCUT2D eigenvalue weighted by Gasteiger charge is 2.28. The van der Waals surface area contributed by atoms with Gasteiger partial charge < -0.3 is 9.47 Å². The smallest absolute Gasteiger partial charge is 0.205 e. The largest absolute Gasteiger partial charge is 0.491 e. The highest BCUT2D eigenvalue weighted by molar-refractivity contribution is 6.30. The van der Waals surface area contributed by atoms with E-state index in [1.54, 1.807) is 7.11 Å². The van der Waals surface area contributed by atoms with Crippen molar-refractivity contribution in [3.05, 3.63) is 94.6 Å². The quantitative estimate of drug-likeness (QED) is 0.584. The van der Waals surface area contributed by atoms with E-state index in [1.165, 1.54) is 7.11 Å². The van der Waals surface area contributed by atoms with Gasteiger partial charge in [0.25, 0.3) is 0 Å². The Hall–Kier alpha value is -3.47. The molecule has 0 N–H and O–H groups in total. The van der Waals surface area contributed by atoms with E-state index in [9.17, 15) is 4.79 Å². The van der Waals surface area contributed by atoms with E-state index < -0.39 is 0 Å². The summed E-state index contributed by atoms with van der Waals surface area (Å²) in [6.07, 6.45) is 1.06. The number of hydrogen-bond donors (Lipinski definition) is 0. The van der Waals surface area contributed by atoms with Crippen molar-refractivity contribution in [2.24, 2.45) is 0 Å². The number of carbonyl (C=O) groups excluding carboxylic acids is 1. The van der Waals surface area contributed by atoms with Gasteiger partial charge in [0.1, 0.15) is 0 Å². The summed E-state index contributed by atoms with van der Waals surface area (Å²) >= 11 is 0. The number of carbonyl (C=O) groups is 1. The zero-order valence-electron chi connectivity index (χ0n) is 15.4. The summed E-state index contributed by atoms with van der Waals surface area (Å²) in [4.78, 5) is 13.1. The lowest BCUT2D eigenvalue weighted by Crippen LogP contribution is -2.14. The van der Waals surface area contributed by atoms with Gasteiger partial charge in [0, 0.05) is 17.6 Å². The fourth-order valence-corrected chi connectivity index (χ4v) is 2.87. The van der Waals surface area contributed by atoms with Crippen LogP contribution in [-0.4, -0.2) is 20.0 Å². The van der Waals surface area contributed by atoms with Crippen LogP contribution in [-0.2, 0) is 14.3 Å². The maximum Gasteiger partial charge on any atom is 0.205 e. The maximum atomic E-state index is 13.1. The average Bonchev–Trinajstić information content (AvgIpc) is 2.73. The molecule has 3 nitrogen and oxygen atoms in total. The van der Waals surface area contributed by atoms with Gasteiger partial charge in [-0.15, -0.1) is 0 Å². The van der Waals surface area contributed by atoms with Crippen LogP contribution in [0, 0.1) is 11.8 Å². The van der Waals surface area contributed by atoms with Gasteiger partial charge in [-0.1, -0.05) is 66.1 Å². The molecule has 0 aromatic heterocycles. The summed E-state index contributed by atoms with van der Waals surface area (Å²) in [6, 6.07) is 19.2. The van der Waals surface area contributed by atoms with Gasteiger partial charge in [0.05, 0.1) is 19.8 Å². The van der Waals surface area contributed by atoms with Crippen molar-refractivity contribution in [2.75, 3.05) is 14.2 Å². The van der Waals surface area contributed by atoms with Gasteiger partial charge >= 0.3 is 0 Å². The Morgan fingerprint density at radius 3 is 2.22 bits per heavy atom. The van der Waals surface area contributed by atoms with Crippen molar-refractivity contribution in [3.8, 4) is 11.8 Å². The molecule has 0 fully saturated rings. The van der Waals surface area contributed by atoms with Crippen LogP contribution in [0.5, 0.6) is 0 Å². The predicted octanol–water partition coefficient (Wildman–Crippen LogP) is 4.51. The normalized spacial score (nSPS) is 13.3. The Labute approximate surface area is 159 Å². The Morgan fingerprint density at radius 2 is 1.59 bits per heavy atom. The molecule has 1 aliphatic rings. The van der Waals surface area contributed by atoms with Gasteiger partial charge in [0.2, 0.25) is 11.5 Å². The van der Waals surface area contributed by atoms with E-state index in [2.05, 4.69) is 17.6 Å². The Bertz CT molecular complexity index is 980. The first-order chi connectivity index (χ1) is 13.2. The molecule has 0 spiro atoms. The molecule has 0 atom stereocenters. The van der Waals surface area contributed by atoms with Crippen LogP contribution >= 0.6 is 0 Å². The van der Waals surface area contributed by atoms with Crippen LogP contribution < -0.4 is 0 Å². The lowest BCUT2D eigenvalue weighted by Gasteiger charge is -2.18. The van der Waals surface area contributed by atoms with Crippen LogP contribution in [0.25, 0.3) is 5.57 Å². The fourth-order valence-electron chi connectivity index (χ4n) is 2.87. The molecule has 0 unspecified atom stereocenters. The number of rotatable bonds is 5. The lowest BCUT2D eigenvalue weighted by atomic mass is 9.90. The molecule has 3 heteroatoms. The number of hydrogen-bond acceptors (Lipinski definition) is 3. The molecule has 0 saturated carbocycles. The van der Waals surface area contributed by atoms with Gasteiger partial charge in [-0.2, -0.15) is 0 Å². The van der Waals surface area contributed by atoms with E-state index in [-0.39, 0.29) is 5.78 Å². The standard InChI is InChI=1S/C24H20O3/c1-26-21-17-20(16-10-9-13-18-11-5-3-6-12-18)23(25)22(24(21)27-2)19-14-7-4-8-15-19/h3-8,11-12,14-15H,10,16H2,1-2H3.